The number of aryl methyl sites for hydroxylation is 1. The maximum atomic E-state index is 13.4. The molecule has 0 N–H and O–H groups in total. The minimum absolute atomic E-state index is 0.221. The molecule has 0 aliphatic heterocycles. The second kappa shape index (κ2) is 3.73. The van der Waals surface area contributed by atoms with E-state index >= 15 is 0 Å². The van der Waals surface area contributed by atoms with Crippen molar-refractivity contribution in [3.8, 4) is 17.0 Å². The van der Waals surface area contributed by atoms with Crippen molar-refractivity contribution in [3.63, 3.8) is 0 Å². The molecule has 0 saturated heterocycles. The lowest BCUT2D eigenvalue weighted by atomic mass is 10.1. The van der Waals surface area contributed by atoms with Crippen LogP contribution in [0, 0.1) is 12.7 Å². The maximum absolute atomic E-state index is 13.4. The Hall–Kier alpha value is -1.84. The van der Waals surface area contributed by atoms with Gasteiger partial charge in [-0.05, 0) is 18.2 Å². The highest BCUT2D eigenvalue weighted by Crippen LogP contribution is 2.24. The standard InChI is InChI=1S/C11H10FNO2/c1-7-13-10(6-15-7)8-3-4-11(14-2)9(12)5-8/h3-6H,1-2H3. The summed E-state index contributed by atoms with van der Waals surface area (Å²) >= 11 is 0. The number of ether oxygens (including phenoxy) is 1. The van der Waals surface area contributed by atoms with Gasteiger partial charge in [-0.15, -0.1) is 0 Å². The number of hydrogen-bond acceptors (Lipinski definition) is 3. The second-order valence-corrected chi connectivity index (χ2v) is 3.10. The van der Waals surface area contributed by atoms with Crippen LogP contribution >= 0.6 is 0 Å². The van der Waals surface area contributed by atoms with E-state index in [4.69, 9.17) is 9.15 Å². The number of hydrogen-bond donors (Lipinski definition) is 0. The van der Waals surface area contributed by atoms with Crippen molar-refractivity contribution in [1.29, 1.82) is 0 Å². The summed E-state index contributed by atoms with van der Waals surface area (Å²) in [7, 11) is 1.43. The molecule has 0 unspecified atom stereocenters. The van der Waals surface area contributed by atoms with E-state index in [0.29, 0.717) is 17.1 Å². The molecule has 78 valence electrons. The molecule has 0 amide bonds. The SMILES string of the molecule is COc1ccc(-c2coc(C)n2)cc1F. The summed E-state index contributed by atoms with van der Waals surface area (Å²) in [5, 5.41) is 0. The van der Waals surface area contributed by atoms with Crippen LogP contribution in [0.2, 0.25) is 0 Å². The smallest absolute Gasteiger partial charge is 0.191 e. The van der Waals surface area contributed by atoms with Crippen LogP contribution in [0.15, 0.2) is 28.9 Å². The van der Waals surface area contributed by atoms with Crippen molar-refractivity contribution >= 4 is 0 Å². The molecule has 2 rings (SSSR count). The van der Waals surface area contributed by atoms with Gasteiger partial charge in [-0.25, -0.2) is 9.37 Å². The van der Waals surface area contributed by atoms with E-state index in [2.05, 4.69) is 4.98 Å². The minimum Gasteiger partial charge on any atom is -0.494 e. The molecule has 3 nitrogen and oxygen atoms in total. The number of nitrogens with zero attached hydrogens (tertiary/aromatic N) is 1. The van der Waals surface area contributed by atoms with Crippen LogP contribution in [-0.2, 0) is 0 Å². The molecule has 0 radical (unpaired) electrons. The molecule has 0 saturated carbocycles. The molecule has 4 heteroatoms. The van der Waals surface area contributed by atoms with Crippen molar-refractivity contribution in [3.05, 3.63) is 36.2 Å². The zero-order valence-electron chi connectivity index (χ0n) is 8.45. The molecule has 2 aromatic rings. The van der Waals surface area contributed by atoms with E-state index in [1.807, 2.05) is 0 Å². The first-order valence-corrected chi connectivity index (χ1v) is 4.47. The highest BCUT2D eigenvalue weighted by atomic mass is 19.1. The van der Waals surface area contributed by atoms with Gasteiger partial charge in [0.05, 0.1) is 7.11 Å². The van der Waals surface area contributed by atoms with Gasteiger partial charge < -0.3 is 9.15 Å². The molecule has 1 heterocycles. The van der Waals surface area contributed by atoms with Gasteiger partial charge in [0.15, 0.2) is 17.5 Å². The van der Waals surface area contributed by atoms with Crippen LogP contribution in [0.3, 0.4) is 0 Å². The van der Waals surface area contributed by atoms with Crippen molar-refractivity contribution < 1.29 is 13.5 Å². The predicted octanol–water partition coefficient (Wildman–Crippen LogP) is 2.80. The topological polar surface area (TPSA) is 35.3 Å². The number of halogens is 1. The van der Waals surface area contributed by atoms with E-state index in [-0.39, 0.29) is 5.75 Å². The molecule has 0 fully saturated rings. The summed E-state index contributed by atoms with van der Waals surface area (Å²) in [6.45, 7) is 1.74. The molecule has 0 aliphatic rings. The highest BCUT2D eigenvalue weighted by molar-refractivity contribution is 5.59. The predicted molar refractivity (Wildman–Crippen MR) is 53.2 cm³/mol. The van der Waals surface area contributed by atoms with Gasteiger partial charge in [0.25, 0.3) is 0 Å². The Bertz CT molecular complexity index is 479. The van der Waals surface area contributed by atoms with Crippen LogP contribution < -0.4 is 4.74 Å². The Balaban J connectivity index is 2.42. The molecule has 0 bridgehead atoms. The third-order valence-corrected chi connectivity index (χ3v) is 2.07. The van der Waals surface area contributed by atoms with Gasteiger partial charge in [0.2, 0.25) is 0 Å². The lowest BCUT2D eigenvalue weighted by Gasteiger charge is -2.02. The van der Waals surface area contributed by atoms with Gasteiger partial charge in [-0.2, -0.15) is 0 Å². The Morgan fingerprint density at radius 3 is 2.73 bits per heavy atom. The number of methoxy groups -OCH3 is 1. The van der Waals surface area contributed by atoms with E-state index < -0.39 is 5.82 Å². The van der Waals surface area contributed by atoms with Crippen molar-refractivity contribution in [2.75, 3.05) is 7.11 Å². The molecule has 0 aliphatic carbocycles. The Morgan fingerprint density at radius 2 is 2.20 bits per heavy atom. The van der Waals surface area contributed by atoms with Crippen LogP contribution in [-0.4, -0.2) is 12.1 Å². The van der Waals surface area contributed by atoms with Gasteiger partial charge in [0, 0.05) is 12.5 Å². The summed E-state index contributed by atoms with van der Waals surface area (Å²) in [6, 6.07) is 4.67. The largest absolute Gasteiger partial charge is 0.494 e. The fraction of sp³-hybridized carbons (Fsp3) is 0.182. The third kappa shape index (κ3) is 1.83. The van der Waals surface area contributed by atoms with Crippen LogP contribution in [0.1, 0.15) is 5.89 Å². The summed E-state index contributed by atoms with van der Waals surface area (Å²) in [5.74, 6) is 0.371. The molecule has 0 atom stereocenters. The fourth-order valence-corrected chi connectivity index (χ4v) is 1.32. The van der Waals surface area contributed by atoms with Crippen molar-refractivity contribution in [2.24, 2.45) is 0 Å². The highest BCUT2D eigenvalue weighted by Gasteiger charge is 2.07. The summed E-state index contributed by atoms with van der Waals surface area (Å²) in [4.78, 5) is 4.10. The van der Waals surface area contributed by atoms with Gasteiger partial charge in [-0.1, -0.05) is 0 Å². The number of aromatic nitrogens is 1. The van der Waals surface area contributed by atoms with Gasteiger partial charge >= 0.3 is 0 Å². The van der Waals surface area contributed by atoms with Gasteiger partial charge in [-0.3, -0.25) is 0 Å². The first-order valence-electron chi connectivity index (χ1n) is 4.47. The van der Waals surface area contributed by atoms with Crippen molar-refractivity contribution in [1.82, 2.24) is 4.98 Å². The molecule has 1 aromatic carbocycles. The lowest BCUT2D eigenvalue weighted by Crippen LogP contribution is -1.88. The summed E-state index contributed by atoms with van der Waals surface area (Å²) < 4.78 is 23.2. The Morgan fingerprint density at radius 1 is 1.40 bits per heavy atom. The molecular weight excluding hydrogens is 197 g/mol. The molecular formula is C11H10FNO2. The normalized spacial score (nSPS) is 10.3. The average molecular weight is 207 g/mol. The lowest BCUT2D eigenvalue weighted by molar-refractivity contribution is 0.386. The Labute approximate surface area is 86.5 Å². The fourth-order valence-electron chi connectivity index (χ4n) is 1.32. The van der Waals surface area contributed by atoms with Crippen LogP contribution in [0.4, 0.5) is 4.39 Å². The van der Waals surface area contributed by atoms with Crippen molar-refractivity contribution in [2.45, 2.75) is 6.92 Å². The first kappa shape index (κ1) is 9.71. The quantitative estimate of drug-likeness (QED) is 0.759. The Kier molecular flexibility index (Phi) is 2.41. The molecule has 15 heavy (non-hydrogen) atoms. The van der Waals surface area contributed by atoms with E-state index in [1.165, 1.54) is 19.4 Å². The second-order valence-electron chi connectivity index (χ2n) is 3.10. The van der Waals surface area contributed by atoms with E-state index in [0.717, 1.165) is 0 Å². The van der Waals surface area contributed by atoms with E-state index in [1.54, 1.807) is 19.1 Å². The third-order valence-electron chi connectivity index (χ3n) is 2.07. The summed E-state index contributed by atoms with van der Waals surface area (Å²) in [6.07, 6.45) is 1.50. The van der Waals surface area contributed by atoms with E-state index in [9.17, 15) is 4.39 Å². The zero-order chi connectivity index (χ0) is 10.8. The molecule has 1 aromatic heterocycles. The monoisotopic (exact) mass is 207 g/mol. The van der Waals surface area contributed by atoms with Crippen LogP contribution in [0.5, 0.6) is 5.75 Å². The van der Waals surface area contributed by atoms with Crippen LogP contribution in [0.25, 0.3) is 11.3 Å². The minimum atomic E-state index is -0.407. The average Bonchev–Trinajstić information content (AvgIpc) is 2.65. The first-order chi connectivity index (χ1) is 7.20. The molecule has 0 spiro atoms. The van der Waals surface area contributed by atoms with Gasteiger partial charge in [0.1, 0.15) is 12.0 Å². The summed E-state index contributed by atoms with van der Waals surface area (Å²) in [5.41, 5.74) is 1.29. The zero-order valence-corrected chi connectivity index (χ0v) is 8.45. The number of rotatable bonds is 2. The number of benzene rings is 1. The maximum Gasteiger partial charge on any atom is 0.191 e. The number of oxazole rings is 1.